The quantitative estimate of drug-likeness (QED) is 0.734. The van der Waals surface area contributed by atoms with Crippen molar-refractivity contribution in [2.75, 3.05) is 13.1 Å². The summed E-state index contributed by atoms with van der Waals surface area (Å²) in [5.74, 6) is 0.0196. The van der Waals surface area contributed by atoms with E-state index in [1.807, 2.05) is 36.4 Å². The van der Waals surface area contributed by atoms with E-state index < -0.39 is 10.0 Å². The monoisotopic (exact) mass is 318 g/mol. The SMILES string of the molecule is Cc1cccc(CNCCNS(=O)(=O)Cc2ccccc2)c1. The van der Waals surface area contributed by atoms with E-state index in [4.69, 9.17) is 0 Å². The molecule has 0 saturated heterocycles. The average molecular weight is 318 g/mol. The van der Waals surface area contributed by atoms with Gasteiger partial charge in [-0.1, -0.05) is 60.2 Å². The molecule has 0 unspecified atom stereocenters. The molecule has 5 heteroatoms. The first-order chi connectivity index (χ1) is 10.6. The van der Waals surface area contributed by atoms with Gasteiger partial charge in [0.15, 0.2) is 0 Å². The normalized spacial score (nSPS) is 11.5. The fraction of sp³-hybridized carbons (Fsp3) is 0.294. The first-order valence-electron chi connectivity index (χ1n) is 7.33. The highest BCUT2D eigenvalue weighted by Gasteiger charge is 2.10. The Bertz CT molecular complexity index is 685. The summed E-state index contributed by atoms with van der Waals surface area (Å²) < 4.78 is 26.5. The largest absolute Gasteiger partial charge is 0.311 e. The fourth-order valence-electron chi connectivity index (χ4n) is 2.19. The molecule has 118 valence electrons. The van der Waals surface area contributed by atoms with Crippen LogP contribution in [0.2, 0.25) is 0 Å². The predicted octanol–water partition coefficient (Wildman–Crippen LogP) is 2.20. The first kappa shape index (κ1) is 16.7. The van der Waals surface area contributed by atoms with Crippen LogP contribution in [-0.4, -0.2) is 21.5 Å². The van der Waals surface area contributed by atoms with Gasteiger partial charge in [0, 0.05) is 19.6 Å². The predicted molar refractivity (Wildman–Crippen MR) is 90.0 cm³/mol. The van der Waals surface area contributed by atoms with Gasteiger partial charge in [0.2, 0.25) is 10.0 Å². The van der Waals surface area contributed by atoms with Crippen molar-refractivity contribution >= 4 is 10.0 Å². The van der Waals surface area contributed by atoms with E-state index in [1.54, 1.807) is 0 Å². The van der Waals surface area contributed by atoms with Crippen LogP contribution in [0.25, 0.3) is 0 Å². The molecule has 0 atom stereocenters. The molecular weight excluding hydrogens is 296 g/mol. The molecule has 0 amide bonds. The molecule has 2 aromatic rings. The second kappa shape index (κ2) is 8.08. The Balaban J connectivity index is 1.69. The van der Waals surface area contributed by atoms with E-state index in [-0.39, 0.29) is 5.75 Å². The van der Waals surface area contributed by atoms with Crippen molar-refractivity contribution in [3.05, 3.63) is 71.3 Å². The molecule has 0 bridgehead atoms. The summed E-state index contributed by atoms with van der Waals surface area (Å²) in [6, 6.07) is 17.4. The summed E-state index contributed by atoms with van der Waals surface area (Å²) >= 11 is 0. The fourth-order valence-corrected chi connectivity index (χ4v) is 3.34. The molecule has 0 radical (unpaired) electrons. The third kappa shape index (κ3) is 5.97. The number of aryl methyl sites for hydroxylation is 1. The lowest BCUT2D eigenvalue weighted by Crippen LogP contribution is -2.32. The zero-order valence-corrected chi connectivity index (χ0v) is 13.6. The van der Waals surface area contributed by atoms with E-state index in [1.165, 1.54) is 11.1 Å². The lowest BCUT2D eigenvalue weighted by Gasteiger charge is -2.08. The van der Waals surface area contributed by atoms with E-state index in [2.05, 4.69) is 35.2 Å². The summed E-state index contributed by atoms with van der Waals surface area (Å²) in [5, 5.41) is 3.24. The molecule has 0 saturated carbocycles. The van der Waals surface area contributed by atoms with Gasteiger partial charge in [-0.25, -0.2) is 13.1 Å². The second-order valence-electron chi connectivity index (χ2n) is 5.30. The van der Waals surface area contributed by atoms with Gasteiger partial charge in [0.25, 0.3) is 0 Å². The van der Waals surface area contributed by atoms with Crippen LogP contribution in [-0.2, 0) is 22.3 Å². The molecule has 0 heterocycles. The van der Waals surface area contributed by atoms with Crippen molar-refractivity contribution in [3.63, 3.8) is 0 Å². The zero-order chi connectivity index (χ0) is 15.8. The number of benzene rings is 2. The standard InChI is InChI=1S/C17H22N2O2S/c1-15-6-5-9-17(12-15)13-18-10-11-19-22(20,21)14-16-7-3-2-4-8-16/h2-9,12,18-19H,10-11,13-14H2,1H3. The minimum atomic E-state index is -3.28. The van der Waals surface area contributed by atoms with Crippen molar-refractivity contribution in [3.8, 4) is 0 Å². The Morgan fingerprint density at radius 2 is 1.64 bits per heavy atom. The maximum absolute atomic E-state index is 11.9. The van der Waals surface area contributed by atoms with Crippen molar-refractivity contribution in [1.29, 1.82) is 0 Å². The lowest BCUT2D eigenvalue weighted by atomic mass is 10.1. The maximum Gasteiger partial charge on any atom is 0.215 e. The van der Waals surface area contributed by atoms with Gasteiger partial charge in [0.05, 0.1) is 5.75 Å². The number of sulfonamides is 1. The molecule has 0 fully saturated rings. The van der Waals surface area contributed by atoms with Crippen LogP contribution in [0, 0.1) is 6.92 Å². The summed E-state index contributed by atoms with van der Waals surface area (Å²) in [4.78, 5) is 0. The minimum absolute atomic E-state index is 0.0196. The third-order valence-corrected chi connectivity index (χ3v) is 4.59. The van der Waals surface area contributed by atoms with Crippen LogP contribution in [0.1, 0.15) is 16.7 Å². The molecule has 0 aliphatic carbocycles. The summed E-state index contributed by atoms with van der Waals surface area (Å²) in [6.45, 7) is 3.78. The maximum atomic E-state index is 11.9. The average Bonchev–Trinajstić information content (AvgIpc) is 2.47. The third-order valence-electron chi connectivity index (χ3n) is 3.23. The van der Waals surface area contributed by atoms with Crippen molar-refractivity contribution in [1.82, 2.24) is 10.0 Å². The second-order valence-corrected chi connectivity index (χ2v) is 7.11. The number of hydrogen-bond donors (Lipinski definition) is 2. The van der Waals surface area contributed by atoms with Gasteiger partial charge >= 0.3 is 0 Å². The zero-order valence-electron chi connectivity index (χ0n) is 12.7. The van der Waals surface area contributed by atoms with Crippen molar-refractivity contribution in [2.24, 2.45) is 0 Å². The Morgan fingerprint density at radius 1 is 0.909 bits per heavy atom. The van der Waals surface area contributed by atoms with Crippen molar-refractivity contribution < 1.29 is 8.42 Å². The molecule has 0 aromatic heterocycles. The van der Waals surface area contributed by atoms with Crippen LogP contribution >= 0.6 is 0 Å². The highest BCUT2D eigenvalue weighted by Crippen LogP contribution is 2.04. The van der Waals surface area contributed by atoms with E-state index in [0.717, 1.165) is 12.1 Å². The minimum Gasteiger partial charge on any atom is -0.311 e. The number of rotatable bonds is 8. The van der Waals surface area contributed by atoms with Gasteiger partial charge < -0.3 is 5.32 Å². The van der Waals surface area contributed by atoms with E-state index >= 15 is 0 Å². The number of hydrogen-bond acceptors (Lipinski definition) is 3. The molecule has 22 heavy (non-hydrogen) atoms. The Kier molecular flexibility index (Phi) is 6.12. The van der Waals surface area contributed by atoms with E-state index in [0.29, 0.717) is 13.1 Å². The van der Waals surface area contributed by atoms with Crippen LogP contribution in [0.3, 0.4) is 0 Å². The molecule has 0 aliphatic heterocycles. The smallest absolute Gasteiger partial charge is 0.215 e. The molecule has 2 aromatic carbocycles. The highest BCUT2D eigenvalue weighted by atomic mass is 32.2. The Morgan fingerprint density at radius 3 is 2.36 bits per heavy atom. The molecule has 4 nitrogen and oxygen atoms in total. The van der Waals surface area contributed by atoms with Crippen molar-refractivity contribution in [2.45, 2.75) is 19.2 Å². The van der Waals surface area contributed by atoms with Crippen LogP contribution in [0.15, 0.2) is 54.6 Å². The first-order valence-corrected chi connectivity index (χ1v) is 8.98. The molecule has 2 N–H and O–H groups in total. The van der Waals surface area contributed by atoms with Gasteiger partial charge in [-0.15, -0.1) is 0 Å². The Hall–Kier alpha value is -1.69. The van der Waals surface area contributed by atoms with Gasteiger partial charge in [-0.05, 0) is 18.1 Å². The summed E-state index contributed by atoms with van der Waals surface area (Å²) in [6.07, 6.45) is 0. The van der Waals surface area contributed by atoms with Gasteiger partial charge in [-0.2, -0.15) is 0 Å². The highest BCUT2D eigenvalue weighted by molar-refractivity contribution is 7.88. The summed E-state index contributed by atoms with van der Waals surface area (Å²) in [5.41, 5.74) is 3.22. The molecule has 0 spiro atoms. The number of nitrogens with one attached hydrogen (secondary N) is 2. The lowest BCUT2D eigenvalue weighted by molar-refractivity contribution is 0.575. The van der Waals surface area contributed by atoms with Crippen LogP contribution < -0.4 is 10.0 Å². The van der Waals surface area contributed by atoms with Crippen LogP contribution in [0.5, 0.6) is 0 Å². The Labute approximate surface area is 132 Å². The van der Waals surface area contributed by atoms with E-state index in [9.17, 15) is 8.42 Å². The molecular formula is C17H22N2O2S. The summed E-state index contributed by atoms with van der Waals surface area (Å²) in [7, 11) is -3.28. The molecule has 2 rings (SSSR count). The topological polar surface area (TPSA) is 58.2 Å². The van der Waals surface area contributed by atoms with Gasteiger partial charge in [0.1, 0.15) is 0 Å². The van der Waals surface area contributed by atoms with Crippen LogP contribution in [0.4, 0.5) is 0 Å². The van der Waals surface area contributed by atoms with Gasteiger partial charge in [-0.3, -0.25) is 0 Å². The molecule has 0 aliphatic rings.